The van der Waals surface area contributed by atoms with Crippen molar-refractivity contribution in [1.29, 1.82) is 0 Å². The van der Waals surface area contributed by atoms with Gasteiger partial charge in [0, 0.05) is 29.6 Å². The number of nitrogens with two attached hydrogens (primary N) is 1. The Kier molecular flexibility index (Phi) is 5.05. The van der Waals surface area contributed by atoms with Crippen LogP contribution in [0.2, 0.25) is 0 Å². The molecule has 0 bridgehead atoms. The molecule has 1 heterocycles. The quantitative estimate of drug-likeness (QED) is 0.620. The number of primary amides is 1. The SMILES string of the molecule is COc1ccc([C@@H](CN[C@@H](C)C(N)=O)c2c[nH]c3ccccc23)cc1. The number of aromatic nitrogens is 1. The molecule has 1 aromatic heterocycles. The Balaban J connectivity index is 1.97. The molecule has 3 aromatic rings. The van der Waals surface area contributed by atoms with Gasteiger partial charge in [-0.1, -0.05) is 30.3 Å². The van der Waals surface area contributed by atoms with E-state index in [1.807, 2.05) is 30.5 Å². The van der Waals surface area contributed by atoms with Gasteiger partial charge in [0.2, 0.25) is 5.91 Å². The zero-order valence-electron chi connectivity index (χ0n) is 14.5. The van der Waals surface area contributed by atoms with Crippen LogP contribution in [0.5, 0.6) is 5.75 Å². The van der Waals surface area contributed by atoms with Crippen LogP contribution in [0.15, 0.2) is 54.7 Å². The molecule has 0 aliphatic heterocycles. The summed E-state index contributed by atoms with van der Waals surface area (Å²) in [5, 5.41) is 4.42. The number of rotatable bonds is 7. The number of fused-ring (bicyclic) bond motifs is 1. The minimum atomic E-state index is -0.383. The van der Waals surface area contributed by atoms with Crippen LogP contribution in [0.3, 0.4) is 0 Å². The summed E-state index contributed by atoms with van der Waals surface area (Å²) < 4.78 is 5.26. The van der Waals surface area contributed by atoms with E-state index in [0.29, 0.717) is 6.54 Å². The number of carbonyl (C=O) groups excluding carboxylic acids is 1. The lowest BCUT2D eigenvalue weighted by Gasteiger charge is -2.20. The Labute approximate surface area is 147 Å². The third-order valence-electron chi connectivity index (χ3n) is 4.57. The number of hydrogen-bond donors (Lipinski definition) is 3. The number of aromatic amines is 1. The van der Waals surface area contributed by atoms with E-state index >= 15 is 0 Å². The van der Waals surface area contributed by atoms with Gasteiger partial charge < -0.3 is 20.8 Å². The van der Waals surface area contributed by atoms with E-state index in [9.17, 15) is 4.79 Å². The molecule has 3 rings (SSSR count). The van der Waals surface area contributed by atoms with E-state index in [1.54, 1.807) is 14.0 Å². The van der Waals surface area contributed by atoms with Gasteiger partial charge >= 0.3 is 0 Å². The van der Waals surface area contributed by atoms with Gasteiger partial charge in [0.1, 0.15) is 5.75 Å². The fourth-order valence-corrected chi connectivity index (χ4v) is 3.02. The normalized spacial score (nSPS) is 13.5. The summed E-state index contributed by atoms with van der Waals surface area (Å²) in [7, 11) is 1.66. The molecule has 130 valence electrons. The molecule has 0 spiro atoms. The molecule has 0 fully saturated rings. The van der Waals surface area contributed by atoms with Gasteiger partial charge in [-0.3, -0.25) is 4.79 Å². The number of nitrogens with one attached hydrogen (secondary N) is 2. The molecule has 0 saturated heterocycles. The molecule has 2 atom stereocenters. The second-order valence-electron chi connectivity index (χ2n) is 6.15. The maximum absolute atomic E-state index is 11.4. The fourth-order valence-electron chi connectivity index (χ4n) is 3.02. The van der Waals surface area contributed by atoms with Gasteiger partial charge in [-0.2, -0.15) is 0 Å². The summed E-state index contributed by atoms with van der Waals surface area (Å²) in [5.74, 6) is 0.552. The summed E-state index contributed by atoms with van der Waals surface area (Å²) in [6, 6.07) is 15.8. The summed E-state index contributed by atoms with van der Waals surface area (Å²) in [5.41, 5.74) is 8.81. The van der Waals surface area contributed by atoms with E-state index in [2.05, 4.69) is 34.6 Å². The Morgan fingerprint density at radius 2 is 1.92 bits per heavy atom. The van der Waals surface area contributed by atoms with Crippen molar-refractivity contribution in [3.05, 3.63) is 65.9 Å². The lowest BCUT2D eigenvalue weighted by atomic mass is 9.90. The van der Waals surface area contributed by atoms with Crippen LogP contribution in [0.25, 0.3) is 10.9 Å². The lowest BCUT2D eigenvalue weighted by Crippen LogP contribution is -2.40. The summed E-state index contributed by atoms with van der Waals surface area (Å²) in [6.45, 7) is 2.39. The Morgan fingerprint density at radius 1 is 1.20 bits per heavy atom. The van der Waals surface area contributed by atoms with Crippen molar-refractivity contribution < 1.29 is 9.53 Å². The second-order valence-corrected chi connectivity index (χ2v) is 6.15. The third-order valence-corrected chi connectivity index (χ3v) is 4.57. The molecule has 0 aliphatic rings. The van der Waals surface area contributed by atoms with Crippen LogP contribution >= 0.6 is 0 Å². The maximum atomic E-state index is 11.4. The van der Waals surface area contributed by atoms with Crippen molar-refractivity contribution in [3.8, 4) is 5.75 Å². The number of ether oxygens (including phenoxy) is 1. The number of hydrogen-bond acceptors (Lipinski definition) is 3. The molecule has 4 N–H and O–H groups in total. The predicted octanol–water partition coefficient (Wildman–Crippen LogP) is 2.77. The van der Waals surface area contributed by atoms with Crippen LogP contribution in [0, 0.1) is 0 Å². The first-order chi connectivity index (χ1) is 12.1. The Morgan fingerprint density at radius 3 is 2.60 bits per heavy atom. The van der Waals surface area contributed by atoms with Gasteiger partial charge in [-0.25, -0.2) is 0 Å². The average molecular weight is 337 g/mol. The molecule has 2 aromatic carbocycles. The summed E-state index contributed by atoms with van der Waals surface area (Å²) in [4.78, 5) is 14.7. The molecular formula is C20H23N3O2. The standard InChI is InChI=1S/C20H23N3O2/c1-13(20(21)24)22-11-17(14-7-9-15(25-2)10-8-14)18-12-23-19-6-4-3-5-16(18)19/h3-10,12-13,17,22-23H,11H2,1-2H3,(H2,21,24)/t13-,17+/m0/s1. The minimum Gasteiger partial charge on any atom is -0.497 e. The highest BCUT2D eigenvalue weighted by atomic mass is 16.5. The zero-order valence-corrected chi connectivity index (χ0v) is 14.5. The molecule has 0 unspecified atom stereocenters. The van der Waals surface area contributed by atoms with E-state index in [1.165, 1.54) is 10.9 Å². The molecular weight excluding hydrogens is 314 g/mol. The van der Waals surface area contributed by atoms with Crippen molar-refractivity contribution in [2.45, 2.75) is 18.9 Å². The largest absolute Gasteiger partial charge is 0.497 e. The van der Waals surface area contributed by atoms with Crippen LogP contribution in [0.4, 0.5) is 0 Å². The smallest absolute Gasteiger partial charge is 0.234 e. The highest BCUT2D eigenvalue weighted by molar-refractivity contribution is 5.84. The van der Waals surface area contributed by atoms with Crippen LogP contribution < -0.4 is 15.8 Å². The predicted molar refractivity (Wildman–Crippen MR) is 99.8 cm³/mol. The second kappa shape index (κ2) is 7.40. The van der Waals surface area contributed by atoms with Crippen molar-refractivity contribution in [2.75, 3.05) is 13.7 Å². The van der Waals surface area contributed by atoms with Gasteiger partial charge in [-0.15, -0.1) is 0 Å². The lowest BCUT2D eigenvalue weighted by molar-refractivity contribution is -0.119. The van der Waals surface area contributed by atoms with E-state index in [4.69, 9.17) is 10.5 Å². The number of H-pyrrole nitrogens is 1. The van der Waals surface area contributed by atoms with E-state index in [0.717, 1.165) is 16.8 Å². The molecule has 0 aliphatic carbocycles. The molecule has 5 heteroatoms. The van der Waals surface area contributed by atoms with Crippen molar-refractivity contribution in [1.82, 2.24) is 10.3 Å². The summed E-state index contributed by atoms with van der Waals surface area (Å²) >= 11 is 0. The Bertz CT molecular complexity index is 855. The molecule has 0 saturated carbocycles. The first-order valence-electron chi connectivity index (χ1n) is 8.33. The molecule has 1 amide bonds. The molecule has 25 heavy (non-hydrogen) atoms. The topological polar surface area (TPSA) is 80.1 Å². The molecule has 5 nitrogen and oxygen atoms in total. The Hall–Kier alpha value is -2.79. The number of para-hydroxylation sites is 1. The van der Waals surface area contributed by atoms with Crippen LogP contribution in [-0.2, 0) is 4.79 Å². The van der Waals surface area contributed by atoms with Gasteiger partial charge in [-0.05, 0) is 36.2 Å². The number of carbonyl (C=O) groups is 1. The van der Waals surface area contributed by atoms with Crippen molar-refractivity contribution >= 4 is 16.8 Å². The highest BCUT2D eigenvalue weighted by Gasteiger charge is 2.20. The highest BCUT2D eigenvalue weighted by Crippen LogP contribution is 2.31. The summed E-state index contributed by atoms with van der Waals surface area (Å²) in [6.07, 6.45) is 2.04. The van der Waals surface area contributed by atoms with Crippen LogP contribution in [0.1, 0.15) is 24.0 Å². The van der Waals surface area contributed by atoms with E-state index in [-0.39, 0.29) is 17.9 Å². The van der Waals surface area contributed by atoms with Crippen molar-refractivity contribution in [2.24, 2.45) is 5.73 Å². The van der Waals surface area contributed by atoms with Gasteiger partial charge in [0.15, 0.2) is 0 Å². The average Bonchev–Trinajstić information content (AvgIpc) is 3.06. The number of methoxy groups -OCH3 is 1. The first kappa shape index (κ1) is 17.0. The number of amides is 1. The van der Waals surface area contributed by atoms with Crippen molar-refractivity contribution in [3.63, 3.8) is 0 Å². The van der Waals surface area contributed by atoms with Gasteiger partial charge in [0.25, 0.3) is 0 Å². The maximum Gasteiger partial charge on any atom is 0.234 e. The molecule has 0 radical (unpaired) electrons. The van der Waals surface area contributed by atoms with E-state index < -0.39 is 0 Å². The third kappa shape index (κ3) is 3.67. The minimum absolute atomic E-state index is 0.0869. The fraction of sp³-hybridized carbons (Fsp3) is 0.250. The zero-order chi connectivity index (χ0) is 17.8. The van der Waals surface area contributed by atoms with Crippen LogP contribution in [-0.4, -0.2) is 30.6 Å². The monoisotopic (exact) mass is 337 g/mol. The van der Waals surface area contributed by atoms with Gasteiger partial charge in [0.05, 0.1) is 13.2 Å². The first-order valence-corrected chi connectivity index (χ1v) is 8.33. The number of benzene rings is 2.